The zero-order valence-corrected chi connectivity index (χ0v) is 16.6. The number of nitrogens with zero attached hydrogens (tertiary/aromatic N) is 4. The fourth-order valence-corrected chi connectivity index (χ4v) is 4.35. The third kappa shape index (κ3) is 3.69. The first-order chi connectivity index (χ1) is 14.1. The molecule has 2 fully saturated rings. The molecule has 3 heterocycles. The van der Waals surface area contributed by atoms with Gasteiger partial charge in [-0.15, -0.1) is 5.10 Å². The van der Waals surface area contributed by atoms with E-state index in [9.17, 15) is 9.59 Å². The first-order valence-electron chi connectivity index (χ1n) is 10.4. The molecule has 0 spiro atoms. The third-order valence-corrected chi connectivity index (χ3v) is 6.03. The van der Waals surface area contributed by atoms with Gasteiger partial charge in [0.05, 0.1) is 11.3 Å². The van der Waals surface area contributed by atoms with Gasteiger partial charge in [0.25, 0.3) is 5.91 Å². The molecular weight excluding hydrogens is 366 g/mol. The summed E-state index contributed by atoms with van der Waals surface area (Å²) in [4.78, 5) is 30.1. The maximum atomic E-state index is 13.3. The van der Waals surface area contributed by atoms with Crippen molar-refractivity contribution in [1.82, 2.24) is 24.9 Å². The molecule has 2 aliphatic rings. The molecule has 1 saturated carbocycles. The number of H-pyrrole nitrogens is 1. The summed E-state index contributed by atoms with van der Waals surface area (Å²) >= 11 is 0. The second-order valence-corrected chi connectivity index (χ2v) is 8.50. The molecule has 29 heavy (non-hydrogen) atoms. The smallest absolute Gasteiger partial charge is 0.254 e. The average Bonchev–Trinajstić information content (AvgIpc) is 3.47. The summed E-state index contributed by atoms with van der Waals surface area (Å²) in [6.07, 6.45) is 6.52. The average molecular weight is 391 g/mol. The van der Waals surface area contributed by atoms with Gasteiger partial charge in [-0.3, -0.25) is 14.3 Å². The SMILES string of the molecule is Cc1ccc2[nH]c(=O)cc(C(=O)N3CCCC(Cn4cc(C5CC5)nn4)C3)c2c1. The van der Waals surface area contributed by atoms with E-state index in [0.717, 1.165) is 42.6 Å². The second kappa shape index (κ2) is 7.13. The number of aryl methyl sites for hydroxylation is 1. The summed E-state index contributed by atoms with van der Waals surface area (Å²) in [5.74, 6) is 0.881. The van der Waals surface area contributed by atoms with Crippen LogP contribution < -0.4 is 5.56 Å². The van der Waals surface area contributed by atoms with Gasteiger partial charge < -0.3 is 9.88 Å². The lowest BCUT2D eigenvalue weighted by Crippen LogP contribution is -2.41. The van der Waals surface area contributed by atoms with Crippen molar-refractivity contribution in [3.05, 3.63) is 57.6 Å². The Balaban J connectivity index is 1.36. The summed E-state index contributed by atoms with van der Waals surface area (Å²) in [6, 6.07) is 7.21. The van der Waals surface area contributed by atoms with Gasteiger partial charge in [0, 0.05) is 48.7 Å². The summed E-state index contributed by atoms with van der Waals surface area (Å²) < 4.78 is 1.93. The highest BCUT2D eigenvalue weighted by Gasteiger charge is 2.29. The number of amides is 1. The first kappa shape index (κ1) is 18.1. The van der Waals surface area contributed by atoms with E-state index in [-0.39, 0.29) is 11.5 Å². The van der Waals surface area contributed by atoms with Crippen molar-refractivity contribution in [2.75, 3.05) is 13.1 Å². The lowest BCUT2D eigenvalue weighted by atomic mass is 9.96. The Morgan fingerprint density at radius 1 is 1.24 bits per heavy atom. The second-order valence-electron chi connectivity index (χ2n) is 8.50. The molecule has 2 aromatic heterocycles. The predicted octanol–water partition coefficient (Wildman–Crippen LogP) is 2.86. The zero-order valence-electron chi connectivity index (χ0n) is 16.6. The van der Waals surface area contributed by atoms with Crippen LogP contribution in [0.2, 0.25) is 0 Å². The van der Waals surface area contributed by atoms with Crippen LogP contribution in [0.5, 0.6) is 0 Å². The Hall–Kier alpha value is -2.96. The minimum Gasteiger partial charge on any atom is -0.338 e. The van der Waals surface area contributed by atoms with Crippen LogP contribution in [0.25, 0.3) is 10.9 Å². The number of aromatic nitrogens is 4. The van der Waals surface area contributed by atoms with Crippen molar-refractivity contribution in [2.45, 2.75) is 45.1 Å². The van der Waals surface area contributed by atoms with Crippen LogP contribution >= 0.6 is 0 Å². The quantitative estimate of drug-likeness (QED) is 0.741. The third-order valence-electron chi connectivity index (χ3n) is 6.03. The highest BCUT2D eigenvalue weighted by Crippen LogP contribution is 2.38. The Kier molecular flexibility index (Phi) is 4.45. The van der Waals surface area contributed by atoms with Gasteiger partial charge in [-0.05, 0) is 50.7 Å². The molecule has 1 aliphatic heterocycles. The van der Waals surface area contributed by atoms with Gasteiger partial charge in [-0.2, -0.15) is 0 Å². The first-order valence-corrected chi connectivity index (χ1v) is 10.4. The van der Waals surface area contributed by atoms with Crippen molar-refractivity contribution in [3.8, 4) is 0 Å². The van der Waals surface area contributed by atoms with Gasteiger partial charge in [-0.25, -0.2) is 0 Å². The fourth-order valence-electron chi connectivity index (χ4n) is 4.35. The molecule has 0 bridgehead atoms. The van der Waals surface area contributed by atoms with Crippen LogP contribution in [-0.4, -0.2) is 43.9 Å². The predicted molar refractivity (Wildman–Crippen MR) is 110 cm³/mol. The van der Waals surface area contributed by atoms with Crippen LogP contribution in [0.15, 0.2) is 35.3 Å². The molecule has 3 aromatic rings. The van der Waals surface area contributed by atoms with Gasteiger partial charge in [0.1, 0.15) is 0 Å². The van der Waals surface area contributed by atoms with Crippen molar-refractivity contribution in [3.63, 3.8) is 0 Å². The molecule has 1 saturated heterocycles. The van der Waals surface area contributed by atoms with E-state index in [1.807, 2.05) is 34.7 Å². The van der Waals surface area contributed by atoms with Gasteiger partial charge in [-0.1, -0.05) is 16.8 Å². The molecule has 150 valence electrons. The zero-order chi connectivity index (χ0) is 20.0. The van der Waals surface area contributed by atoms with Crippen molar-refractivity contribution in [2.24, 2.45) is 5.92 Å². The summed E-state index contributed by atoms with van der Waals surface area (Å²) in [5.41, 5.74) is 3.11. The van der Waals surface area contributed by atoms with Crippen LogP contribution in [0.4, 0.5) is 0 Å². The summed E-state index contributed by atoms with van der Waals surface area (Å²) in [6.45, 7) is 4.17. The number of rotatable bonds is 4. The van der Waals surface area contributed by atoms with E-state index in [0.29, 0.717) is 29.5 Å². The minimum absolute atomic E-state index is 0.0614. The monoisotopic (exact) mass is 391 g/mol. The Labute approximate surface area is 168 Å². The van der Waals surface area contributed by atoms with E-state index in [2.05, 4.69) is 21.5 Å². The molecule has 1 aromatic carbocycles. The highest BCUT2D eigenvalue weighted by molar-refractivity contribution is 6.06. The van der Waals surface area contributed by atoms with E-state index in [4.69, 9.17) is 0 Å². The molecule has 7 heteroatoms. The van der Waals surface area contributed by atoms with Crippen LogP contribution in [0, 0.1) is 12.8 Å². The number of nitrogens with one attached hydrogen (secondary N) is 1. The van der Waals surface area contributed by atoms with E-state index < -0.39 is 0 Å². The van der Waals surface area contributed by atoms with E-state index >= 15 is 0 Å². The number of benzene rings is 1. The number of fused-ring (bicyclic) bond motifs is 1. The van der Waals surface area contributed by atoms with Crippen LogP contribution in [0.3, 0.4) is 0 Å². The number of piperidine rings is 1. The van der Waals surface area contributed by atoms with Gasteiger partial charge in [0.2, 0.25) is 5.56 Å². The van der Waals surface area contributed by atoms with Crippen molar-refractivity contribution in [1.29, 1.82) is 0 Å². The van der Waals surface area contributed by atoms with Gasteiger partial charge in [0.15, 0.2) is 0 Å². The summed E-state index contributed by atoms with van der Waals surface area (Å²) in [5, 5.41) is 9.38. The topological polar surface area (TPSA) is 83.9 Å². The molecule has 1 aliphatic carbocycles. The molecular formula is C22H25N5O2. The molecule has 1 N–H and O–H groups in total. The fraction of sp³-hybridized carbons (Fsp3) is 0.455. The molecule has 1 amide bonds. The maximum absolute atomic E-state index is 13.3. The normalized spacial score (nSPS) is 19.6. The summed E-state index contributed by atoms with van der Waals surface area (Å²) in [7, 11) is 0. The molecule has 0 radical (unpaired) electrons. The maximum Gasteiger partial charge on any atom is 0.254 e. The van der Waals surface area contributed by atoms with E-state index in [1.54, 1.807) is 0 Å². The van der Waals surface area contributed by atoms with E-state index in [1.165, 1.54) is 18.9 Å². The Morgan fingerprint density at radius 2 is 2.10 bits per heavy atom. The standard InChI is InChI=1S/C22H25N5O2/c1-14-4-7-19-17(9-14)18(10-21(28)23-19)22(29)26-8-2-3-15(11-26)12-27-13-20(24-25-27)16-5-6-16/h4,7,9-10,13,15-16H,2-3,5-6,8,11-12H2,1H3,(H,23,28). The molecule has 7 nitrogen and oxygen atoms in total. The van der Waals surface area contributed by atoms with Crippen molar-refractivity contribution < 1.29 is 4.79 Å². The molecule has 5 rings (SSSR count). The number of carbonyl (C=O) groups is 1. The number of aromatic amines is 1. The number of likely N-dealkylation sites (tertiary alicyclic amines) is 1. The number of hydrogen-bond acceptors (Lipinski definition) is 4. The molecule has 1 unspecified atom stereocenters. The number of pyridine rings is 1. The van der Waals surface area contributed by atoms with Crippen molar-refractivity contribution >= 4 is 16.8 Å². The molecule has 1 atom stereocenters. The lowest BCUT2D eigenvalue weighted by Gasteiger charge is -2.33. The van der Waals surface area contributed by atoms with Gasteiger partial charge >= 0.3 is 0 Å². The minimum atomic E-state index is -0.242. The lowest BCUT2D eigenvalue weighted by molar-refractivity contribution is 0.0661. The highest BCUT2D eigenvalue weighted by atomic mass is 16.2. The Morgan fingerprint density at radius 3 is 2.93 bits per heavy atom. The Bertz CT molecular complexity index is 1130. The van der Waals surface area contributed by atoms with Crippen LogP contribution in [-0.2, 0) is 6.54 Å². The number of hydrogen-bond donors (Lipinski definition) is 1. The van der Waals surface area contributed by atoms with Crippen LogP contribution in [0.1, 0.15) is 53.2 Å². The number of carbonyl (C=O) groups excluding carboxylic acids is 1. The largest absolute Gasteiger partial charge is 0.338 e.